The van der Waals surface area contributed by atoms with E-state index >= 15 is 0 Å². The number of halogens is 3. The molecule has 0 aliphatic carbocycles. The molecule has 0 saturated carbocycles. The fourth-order valence-corrected chi connectivity index (χ4v) is 1.35. The number of alkyl halides is 2. The van der Waals surface area contributed by atoms with Crippen molar-refractivity contribution in [2.45, 2.75) is 6.61 Å². The van der Waals surface area contributed by atoms with Gasteiger partial charge in [-0.25, -0.2) is 9.37 Å². The maximum Gasteiger partial charge on any atom is 0.388 e. The molecule has 0 fully saturated rings. The second-order valence-electron chi connectivity index (χ2n) is 3.25. The maximum atomic E-state index is 12.7. The lowest BCUT2D eigenvalue weighted by molar-refractivity contribution is -0.0527. The van der Waals surface area contributed by atoms with E-state index in [1.807, 2.05) is 0 Å². The van der Waals surface area contributed by atoms with Crippen LogP contribution in [0.1, 0.15) is 0 Å². The van der Waals surface area contributed by atoms with E-state index in [2.05, 4.69) is 9.72 Å². The number of nitrogens with zero attached hydrogens (tertiary/aromatic N) is 1. The summed E-state index contributed by atoms with van der Waals surface area (Å²) in [4.78, 5) is 3.89. The third-order valence-electron chi connectivity index (χ3n) is 2.07. The van der Waals surface area contributed by atoms with Gasteiger partial charge in [0.15, 0.2) is 0 Å². The van der Waals surface area contributed by atoms with E-state index in [0.717, 1.165) is 0 Å². The van der Waals surface area contributed by atoms with Crippen LogP contribution in [0, 0.1) is 5.82 Å². The largest absolute Gasteiger partial charge is 0.417 e. The zero-order valence-corrected chi connectivity index (χ0v) is 8.61. The van der Waals surface area contributed by atoms with Gasteiger partial charge >= 0.3 is 6.61 Å². The van der Waals surface area contributed by atoms with Gasteiger partial charge in [0.25, 0.3) is 0 Å². The first-order valence-corrected chi connectivity index (χ1v) is 4.83. The molecular weight excluding hydrogens is 231 g/mol. The van der Waals surface area contributed by atoms with Crippen molar-refractivity contribution in [1.82, 2.24) is 4.98 Å². The Kier molecular flexibility index (Phi) is 3.27. The predicted octanol–water partition coefficient (Wildman–Crippen LogP) is 3.49. The van der Waals surface area contributed by atoms with Crippen LogP contribution in [0.4, 0.5) is 13.2 Å². The summed E-state index contributed by atoms with van der Waals surface area (Å²) < 4.78 is 40.9. The van der Waals surface area contributed by atoms with Crippen LogP contribution in [0.2, 0.25) is 0 Å². The number of benzene rings is 1. The second-order valence-corrected chi connectivity index (χ2v) is 3.25. The molecule has 2 rings (SSSR count). The molecule has 2 nitrogen and oxygen atoms in total. The number of hydrogen-bond acceptors (Lipinski definition) is 2. The summed E-state index contributed by atoms with van der Waals surface area (Å²) in [5, 5.41) is 0. The lowest BCUT2D eigenvalue weighted by atomic mass is 10.1. The van der Waals surface area contributed by atoms with Crippen LogP contribution in [0.15, 0.2) is 42.5 Å². The molecule has 17 heavy (non-hydrogen) atoms. The first kappa shape index (κ1) is 11.4. The van der Waals surface area contributed by atoms with Crippen molar-refractivity contribution in [3.05, 3.63) is 48.3 Å². The van der Waals surface area contributed by atoms with Gasteiger partial charge in [-0.05, 0) is 30.3 Å². The van der Waals surface area contributed by atoms with Crippen molar-refractivity contribution in [2.24, 2.45) is 0 Å². The van der Waals surface area contributed by atoms with Crippen molar-refractivity contribution in [3.63, 3.8) is 0 Å². The summed E-state index contributed by atoms with van der Waals surface area (Å²) in [5.41, 5.74) is 1.08. The summed E-state index contributed by atoms with van der Waals surface area (Å²) in [6, 6.07) is 10.1. The Labute approximate surface area is 95.7 Å². The highest BCUT2D eigenvalue weighted by Gasteiger charge is 2.07. The number of pyridine rings is 1. The highest BCUT2D eigenvalue weighted by atomic mass is 19.3. The molecule has 0 aliphatic rings. The second kappa shape index (κ2) is 4.86. The Morgan fingerprint density at radius 2 is 1.71 bits per heavy atom. The normalized spacial score (nSPS) is 10.6. The third kappa shape index (κ3) is 2.96. The lowest BCUT2D eigenvalue weighted by Gasteiger charge is -2.05. The van der Waals surface area contributed by atoms with Crippen LogP contribution < -0.4 is 4.74 Å². The molecule has 88 valence electrons. The minimum atomic E-state index is -2.91. The van der Waals surface area contributed by atoms with E-state index < -0.39 is 6.61 Å². The van der Waals surface area contributed by atoms with Crippen LogP contribution in [-0.2, 0) is 0 Å². The van der Waals surface area contributed by atoms with Gasteiger partial charge in [-0.15, -0.1) is 0 Å². The van der Waals surface area contributed by atoms with E-state index in [0.29, 0.717) is 11.3 Å². The van der Waals surface area contributed by atoms with Crippen LogP contribution in [0.25, 0.3) is 11.3 Å². The number of aromatic nitrogens is 1. The van der Waals surface area contributed by atoms with E-state index in [-0.39, 0.29) is 11.7 Å². The van der Waals surface area contributed by atoms with Crippen molar-refractivity contribution in [1.29, 1.82) is 0 Å². The Morgan fingerprint density at radius 3 is 2.35 bits per heavy atom. The molecule has 0 saturated heterocycles. The standard InChI is InChI=1S/C12H8F3NO/c13-9-6-4-8(5-7-9)10-2-1-3-11(16-10)17-12(14)15/h1-7,12H. The number of ether oxygens (including phenoxy) is 1. The molecule has 5 heteroatoms. The van der Waals surface area contributed by atoms with E-state index in [9.17, 15) is 13.2 Å². The number of rotatable bonds is 3. The highest BCUT2D eigenvalue weighted by Crippen LogP contribution is 2.20. The summed E-state index contributed by atoms with van der Waals surface area (Å²) in [5.74, 6) is -0.532. The van der Waals surface area contributed by atoms with E-state index in [4.69, 9.17) is 0 Å². The minimum Gasteiger partial charge on any atom is -0.417 e. The van der Waals surface area contributed by atoms with Crippen LogP contribution in [-0.4, -0.2) is 11.6 Å². The molecule has 0 spiro atoms. The summed E-state index contributed by atoms with van der Waals surface area (Å²) in [7, 11) is 0. The summed E-state index contributed by atoms with van der Waals surface area (Å²) >= 11 is 0. The maximum absolute atomic E-state index is 12.7. The molecular formula is C12H8F3NO. The monoisotopic (exact) mass is 239 g/mol. The Bertz CT molecular complexity index is 499. The van der Waals surface area contributed by atoms with Crippen molar-refractivity contribution in [2.75, 3.05) is 0 Å². The van der Waals surface area contributed by atoms with Gasteiger partial charge in [0.1, 0.15) is 5.82 Å². The summed E-state index contributed by atoms with van der Waals surface area (Å²) in [6.45, 7) is -2.91. The smallest absolute Gasteiger partial charge is 0.388 e. The highest BCUT2D eigenvalue weighted by molar-refractivity contribution is 5.59. The lowest BCUT2D eigenvalue weighted by Crippen LogP contribution is -2.03. The SMILES string of the molecule is Fc1ccc(-c2cccc(OC(F)F)n2)cc1. The topological polar surface area (TPSA) is 22.1 Å². The molecule has 0 aliphatic heterocycles. The summed E-state index contributed by atoms with van der Waals surface area (Å²) in [6.07, 6.45) is 0. The molecule has 0 unspecified atom stereocenters. The first-order chi connectivity index (χ1) is 8.15. The van der Waals surface area contributed by atoms with Crippen LogP contribution in [0.3, 0.4) is 0 Å². The first-order valence-electron chi connectivity index (χ1n) is 4.83. The van der Waals surface area contributed by atoms with Gasteiger partial charge in [0.05, 0.1) is 5.69 Å². The van der Waals surface area contributed by atoms with E-state index in [1.54, 1.807) is 12.1 Å². The molecule has 1 aromatic carbocycles. The average Bonchev–Trinajstić information content (AvgIpc) is 2.29. The average molecular weight is 239 g/mol. The van der Waals surface area contributed by atoms with Crippen molar-refractivity contribution in [3.8, 4) is 17.1 Å². The Morgan fingerprint density at radius 1 is 1.00 bits per heavy atom. The molecule has 2 aromatic rings. The molecule has 0 amide bonds. The molecule has 0 atom stereocenters. The Balaban J connectivity index is 2.29. The van der Waals surface area contributed by atoms with Gasteiger partial charge in [-0.2, -0.15) is 8.78 Å². The zero-order valence-electron chi connectivity index (χ0n) is 8.61. The minimum absolute atomic E-state index is 0.165. The molecule has 0 bridgehead atoms. The molecule has 1 aromatic heterocycles. The Hall–Kier alpha value is -2.04. The zero-order chi connectivity index (χ0) is 12.3. The van der Waals surface area contributed by atoms with Gasteiger partial charge < -0.3 is 4.74 Å². The fourth-order valence-electron chi connectivity index (χ4n) is 1.35. The van der Waals surface area contributed by atoms with Crippen LogP contribution >= 0.6 is 0 Å². The third-order valence-corrected chi connectivity index (χ3v) is 2.07. The quantitative estimate of drug-likeness (QED) is 0.817. The molecule has 0 N–H and O–H groups in total. The fraction of sp³-hybridized carbons (Fsp3) is 0.0833. The van der Waals surface area contributed by atoms with Crippen LogP contribution in [0.5, 0.6) is 5.88 Å². The molecule has 1 heterocycles. The van der Waals surface area contributed by atoms with Gasteiger partial charge in [-0.3, -0.25) is 0 Å². The number of hydrogen-bond donors (Lipinski definition) is 0. The van der Waals surface area contributed by atoms with Gasteiger partial charge in [0.2, 0.25) is 5.88 Å². The molecule has 0 radical (unpaired) electrons. The van der Waals surface area contributed by atoms with Gasteiger partial charge in [0, 0.05) is 11.6 Å². The van der Waals surface area contributed by atoms with Crippen molar-refractivity contribution >= 4 is 0 Å². The van der Waals surface area contributed by atoms with Gasteiger partial charge in [-0.1, -0.05) is 6.07 Å². The van der Waals surface area contributed by atoms with E-state index in [1.165, 1.54) is 30.3 Å². The predicted molar refractivity (Wildman–Crippen MR) is 56.3 cm³/mol. The van der Waals surface area contributed by atoms with Crippen molar-refractivity contribution < 1.29 is 17.9 Å².